The molecular formula is C15H22N4. The van der Waals surface area contributed by atoms with Crippen molar-refractivity contribution in [3.05, 3.63) is 47.0 Å². The summed E-state index contributed by atoms with van der Waals surface area (Å²) >= 11 is 0. The van der Waals surface area contributed by atoms with Crippen LogP contribution in [0.4, 0.5) is 0 Å². The summed E-state index contributed by atoms with van der Waals surface area (Å²) in [6.07, 6.45) is 5.84. The van der Waals surface area contributed by atoms with Crippen molar-refractivity contribution in [1.82, 2.24) is 20.1 Å². The van der Waals surface area contributed by atoms with E-state index in [1.54, 1.807) is 0 Å². The predicted octanol–water partition coefficient (Wildman–Crippen LogP) is 2.54. The van der Waals surface area contributed by atoms with Gasteiger partial charge >= 0.3 is 0 Å². The molecule has 0 atom stereocenters. The van der Waals surface area contributed by atoms with Gasteiger partial charge < -0.3 is 5.32 Å². The Balaban J connectivity index is 1.98. The number of rotatable bonds is 5. The predicted molar refractivity (Wildman–Crippen MR) is 76.8 cm³/mol. The third-order valence-corrected chi connectivity index (χ3v) is 3.25. The average Bonchev–Trinajstić information content (AvgIpc) is 2.73. The fraction of sp³-hybridized carbons (Fsp3) is 0.467. The van der Waals surface area contributed by atoms with Gasteiger partial charge in [-0.3, -0.25) is 9.67 Å². The van der Waals surface area contributed by atoms with Gasteiger partial charge in [0.25, 0.3) is 0 Å². The third kappa shape index (κ3) is 3.41. The van der Waals surface area contributed by atoms with E-state index in [0.29, 0.717) is 5.92 Å². The van der Waals surface area contributed by atoms with Crippen LogP contribution in [0.1, 0.15) is 42.1 Å². The Morgan fingerprint density at radius 3 is 2.68 bits per heavy atom. The van der Waals surface area contributed by atoms with Crippen LogP contribution in [0.5, 0.6) is 0 Å². The van der Waals surface area contributed by atoms with E-state index in [1.165, 1.54) is 22.4 Å². The van der Waals surface area contributed by atoms with Crippen molar-refractivity contribution in [2.45, 2.75) is 39.8 Å². The van der Waals surface area contributed by atoms with Gasteiger partial charge in [0.05, 0.1) is 5.69 Å². The second-order valence-corrected chi connectivity index (χ2v) is 5.27. The van der Waals surface area contributed by atoms with E-state index in [9.17, 15) is 0 Å². The first kappa shape index (κ1) is 13.7. The van der Waals surface area contributed by atoms with Gasteiger partial charge in [-0.1, -0.05) is 13.8 Å². The van der Waals surface area contributed by atoms with Crippen LogP contribution in [0, 0.1) is 6.92 Å². The highest BCUT2D eigenvalue weighted by Gasteiger charge is 2.10. The minimum absolute atomic E-state index is 0.459. The molecule has 0 aliphatic heterocycles. The van der Waals surface area contributed by atoms with Crippen molar-refractivity contribution in [2.24, 2.45) is 7.05 Å². The lowest BCUT2D eigenvalue weighted by Crippen LogP contribution is -2.14. The molecule has 0 fully saturated rings. The standard InChI is InChI=1S/C15H22N4/c1-11(2)15-14(10-19(4)18-15)9-17-8-13-5-6-16-7-12(13)3/h5-7,10-11,17H,8-9H2,1-4H3. The molecule has 0 radical (unpaired) electrons. The molecule has 0 amide bonds. The molecule has 0 bridgehead atoms. The van der Waals surface area contributed by atoms with Gasteiger partial charge in [-0.25, -0.2) is 0 Å². The molecule has 1 N–H and O–H groups in total. The molecule has 2 aromatic rings. The molecule has 19 heavy (non-hydrogen) atoms. The molecule has 0 aliphatic rings. The van der Waals surface area contributed by atoms with Crippen LogP contribution in [0.25, 0.3) is 0 Å². The summed E-state index contributed by atoms with van der Waals surface area (Å²) in [7, 11) is 1.97. The van der Waals surface area contributed by atoms with Crippen LogP contribution in [-0.2, 0) is 20.1 Å². The molecule has 0 unspecified atom stereocenters. The second-order valence-electron chi connectivity index (χ2n) is 5.27. The quantitative estimate of drug-likeness (QED) is 0.896. The minimum Gasteiger partial charge on any atom is -0.308 e. The number of aryl methyl sites for hydroxylation is 2. The van der Waals surface area contributed by atoms with Gasteiger partial charge in [0.2, 0.25) is 0 Å². The molecule has 0 saturated heterocycles. The highest BCUT2D eigenvalue weighted by molar-refractivity contribution is 5.22. The van der Waals surface area contributed by atoms with Crippen LogP contribution in [0.2, 0.25) is 0 Å². The first-order valence-corrected chi connectivity index (χ1v) is 6.70. The van der Waals surface area contributed by atoms with Gasteiger partial charge in [0.1, 0.15) is 0 Å². The molecule has 2 aromatic heterocycles. The Labute approximate surface area is 114 Å². The van der Waals surface area contributed by atoms with Crippen molar-refractivity contribution >= 4 is 0 Å². The Hall–Kier alpha value is -1.68. The summed E-state index contributed by atoms with van der Waals surface area (Å²) in [5.41, 5.74) is 4.99. The molecule has 0 spiro atoms. The van der Waals surface area contributed by atoms with Gasteiger partial charge in [-0.15, -0.1) is 0 Å². The first-order chi connectivity index (χ1) is 9.08. The van der Waals surface area contributed by atoms with E-state index < -0.39 is 0 Å². The number of hydrogen-bond acceptors (Lipinski definition) is 3. The summed E-state index contributed by atoms with van der Waals surface area (Å²) in [6, 6.07) is 2.06. The summed E-state index contributed by atoms with van der Waals surface area (Å²) in [6.45, 7) is 8.16. The van der Waals surface area contributed by atoms with Gasteiger partial charge in [-0.05, 0) is 30.0 Å². The number of nitrogens with zero attached hydrogens (tertiary/aromatic N) is 3. The van der Waals surface area contributed by atoms with Crippen molar-refractivity contribution in [1.29, 1.82) is 0 Å². The van der Waals surface area contributed by atoms with Crippen LogP contribution in [0.15, 0.2) is 24.7 Å². The highest BCUT2D eigenvalue weighted by atomic mass is 15.3. The zero-order valence-electron chi connectivity index (χ0n) is 12.1. The first-order valence-electron chi connectivity index (χ1n) is 6.70. The second kappa shape index (κ2) is 5.97. The molecular weight excluding hydrogens is 236 g/mol. The van der Waals surface area contributed by atoms with Crippen molar-refractivity contribution < 1.29 is 0 Å². The van der Waals surface area contributed by atoms with Crippen LogP contribution in [0.3, 0.4) is 0 Å². The maximum absolute atomic E-state index is 4.52. The maximum Gasteiger partial charge on any atom is 0.0694 e. The molecule has 2 heterocycles. The van der Waals surface area contributed by atoms with E-state index in [2.05, 4.69) is 48.4 Å². The van der Waals surface area contributed by atoms with Crippen LogP contribution in [-0.4, -0.2) is 14.8 Å². The highest BCUT2D eigenvalue weighted by Crippen LogP contribution is 2.17. The topological polar surface area (TPSA) is 42.7 Å². The molecule has 4 heteroatoms. The van der Waals surface area contributed by atoms with E-state index >= 15 is 0 Å². The summed E-state index contributed by atoms with van der Waals surface area (Å²) in [4.78, 5) is 4.11. The largest absolute Gasteiger partial charge is 0.308 e. The van der Waals surface area contributed by atoms with Crippen molar-refractivity contribution in [3.63, 3.8) is 0 Å². The molecule has 0 saturated carbocycles. The van der Waals surface area contributed by atoms with Crippen molar-refractivity contribution in [2.75, 3.05) is 0 Å². The summed E-state index contributed by atoms with van der Waals surface area (Å²) in [5, 5.41) is 8.01. The lowest BCUT2D eigenvalue weighted by Gasteiger charge is -2.08. The Kier molecular flexibility index (Phi) is 4.32. The molecule has 2 rings (SSSR count). The smallest absolute Gasteiger partial charge is 0.0694 e. The maximum atomic E-state index is 4.52. The zero-order chi connectivity index (χ0) is 13.8. The monoisotopic (exact) mass is 258 g/mol. The summed E-state index contributed by atoms with van der Waals surface area (Å²) < 4.78 is 1.89. The summed E-state index contributed by atoms with van der Waals surface area (Å²) in [5.74, 6) is 0.459. The Bertz CT molecular complexity index is 543. The van der Waals surface area contributed by atoms with E-state index in [-0.39, 0.29) is 0 Å². The van der Waals surface area contributed by atoms with Gasteiger partial charge in [0, 0.05) is 44.3 Å². The lowest BCUT2D eigenvalue weighted by molar-refractivity contribution is 0.675. The number of hydrogen-bond donors (Lipinski definition) is 1. The molecule has 0 aliphatic carbocycles. The van der Waals surface area contributed by atoms with Gasteiger partial charge in [-0.2, -0.15) is 5.10 Å². The van der Waals surface area contributed by atoms with Crippen LogP contribution < -0.4 is 5.32 Å². The SMILES string of the molecule is Cc1cnccc1CNCc1cn(C)nc1C(C)C. The number of aromatic nitrogens is 3. The van der Waals surface area contributed by atoms with E-state index in [1.807, 2.05) is 24.1 Å². The zero-order valence-corrected chi connectivity index (χ0v) is 12.1. The minimum atomic E-state index is 0.459. The normalized spacial score (nSPS) is 11.2. The third-order valence-electron chi connectivity index (χ3n) is 3.25. The average molecular weight is 258 g/mol. The molecule has 4 nitrogen and oxygen atoms in total. The fourth-order valence-corrected chi connectivity index (χ4v) is 2.21. The number of pyridine rings is 1. The van der Waals surface area contributed by atoms with Crippen LogP contribution >= 0.6 is 0 Å². The fourth-order valence-electron chi connectivity index (χ4n) is 2.21. The van der Waals surface area contributed by atoms with Crippen molar-refractivity contribution in [3.8, 4) is 0 Å². The molecule has 0 aromatic carbocycles. The molecule has 102 valence electrons. The number of nitrogens with one attached hydrogen (secondary N) is 1. The lowest BCUT2D eigenvalue weighted by atomic mass is 10.1. The Morgan fingerprint density at radius 1 is 1.26 bits per heavy atom. The van der Waals surface area contributed by atoms with E-state index in [4.69, 9.17) is 0 Å². The Morgan fingerprint density at radius 2 is 2.00 bits per heavy atom. The van der Waals surface area contributed by atoms with E-state index in [0.717, 1.165) is 13.1 Å². The van der Waals surface area contributed by atoms with Gasteiger partial charge in [0.15, 0.2) is 0 Å².